The van der Waals surface area contributed by atoms with E-state index in [0.29, 0.717) is 17.4 Å². The molecular weight excluding hydrogens is 1090 g/mol. The van der Waals surface area contributed by atoms with E-state index in [2.05, 4.69) is 43.5 Å². The van der Waals surface area contributed by atoms with Crippen molar-refractivity contribution in [3.63, 3.8) is 0 Å². The van der Waals surface area contributed by atoms with Crippen LogP contribution in [0.4, 0.5) is 0 Å². The number of carbonyl (C=O) groups is 1. The zero-order chi connectivity index (χ0) is 63.4. The van der Waals surface area contributed by atoms with Crippen LogP contribution in [-0.4, -0.2) is 68.5 Å². The molecule has 0 rings (SSSR count). The van der Waals surface area contributed by atoms with Gasteiger partial charge in [-0.05, 0) is 44.9 Å². The summed E-state index contributed by atoms with van der Waals surface area (Å²) in [6.07, 6.45) is 93.2. The highest BCUT2D eigenvalue weighted by Crippen LogP contribution is 2.38. The second-order valence-electron chi connectivity index (χ2n) is 28.1. The summed E-state index contributed by atoms with van der Waals surface area (Å²) in [5.41, 5.74) is 0. The fraction of sp³-hybridized carbons (Fsp3) is 0.910. The molecule has 0 radical (unpaired) electrons. The molecule has 0 saturated heterocycles. The summed E-state index contributed by atoms with van der Waals surface area (Å²) < 4.78 is 23.5. The van der Waals surface area contributed by atoms with Crippen molar-refractivity contribution in [2.75, 3.05) is 40.9 Å². The predicted octanol–water partition coefficient (Wildman–Crippen LogP) is 24.5. The minimum absolute atomic E-state index is 0.00700. The summed E-state index contributed by atoms with van der Waals surface area (Å²) >= 11 is 0. The molecule has 0 aromatic rings. The molecule has 0 aliphatic heterocycles. The normalized spacial score (nSPS) is 13.7. The van der Waals surface area contributed by atoms with Crippen LogP contribution in [0.2, 0.25) is 0 Å². The van der Waals surface area contributed by atoms with Crippen molar-refractivity contribution in [3.05, 3.63) is 36.5 Å². The molecule has 0 aliphatic carbocycles. The third-order valence-electron chi connectivity index (χ3n) is 18.1. The monoisotopic (exact) mass is 1250 g/mol. The molecule has 87 heavy (non-hydrogen) atoms. The first-order valence-electron chi connectivity index (χ1n) is 38.9. The number of likely N-dealkylation sites (N-methyl/N-ethyl adjacent to an activating group) is 1. The minimum atomic E-state index is -4.62. The number of hydrogen-bond donors (Lipinski definition) is 2. The Labute approximate surface area is 544 Å². The minimum Gasteiger partial charge on any atom is -0.756 e. The van der Waals surface area contributed by atoms with Gasteiger partial charge in [0.25, 0.3) is 7.82 Å². The van der Waals surface area contributed by atoms with Gasteiger partial charge in [0.1, 0.15) is 13.2 Å². The van der Waals surface area contributed by atoms with Crippen LogP contribution >= 0.6 is 7.82 Å². The van der Waals surface area contributed by atoms with Crippen LogP contribution in [-0.2, 0) is 18.4 Å². The number of carbonyl (C=O) groups excluding carboxylic acids is 1. The lowest BCUT2D eigenvalue weighted by Crippen LogP contribution is -2.45. The fourth-order valence-electron chi connectivity index (χ4n) is 12.1. The molecule has 3 atom stereocenters. The lowest BCUT2D eigenvalue weighted by Gasteiger charge is -2.29. The standard InChI is InChI=1S/C78H153N2O6P/c1-6-8-10-12-14-16-18-20-22-24-26-28-30-32-34-35-36-37-38-39-40-41-42-43-44-45-46-48-50-52-54-56-58-60-62-64-66-68-70-72-78(82)79-76(75-86-87(83,84)85-74-73-80(3,4)5)77(81)71-69-67-65-63-61-59-57-55-53-51-49-47-33-31-29-27-25-23-21-19-17-15-13-11-9-7-2/h53,55,61,63,69,71,76-77,81H,6-52,54,56-60,62,64-68,70,72-75H2,1-5H3,(H-,79,82,83,84)/b55-53+,63-61+,71-69+. The molecule has 0 spiro atoms. The van der Waals surface area contributed by atoms with Gasteiger partial charge in [-0.3, -0.25) is 9.36 Å². The van der Waals surface area contributed by atoms with Gasteiger partial charge >= 0.3 is 0 Å². The maximum atomic E-state index is 13.1. The number of rotatable bonds is 73. The number of phosphoric ester groups is 1. The molecule has 9 heteroatoms. The van der Waals surface area contributed by atoms with E-state index in [1.807, 2.05) is 27.2 Å². The summed E-state index contributed by atoms with van der Waals surface area (Å²) in [4.78, 5) is 25.7. The van der Waals surface area contributed by atoms with Crippen molar-refractivity contribution >= 4 is 13.7 Å². The van der Waals surface area contributed by atoms with Gasteiger partial charge in [-0.2, -0.15) is 0 Å². The van der Waals surface area contributed by atoms with E-state index in [4.69, 9.17) is 9.05 Å². The first-order valence-corrected chi connectivity index (χ1v) is 40.3. The number of hydrogen-bond acceptors (Lipinski definition) is 6. The topological polar surface area (TPSA) is 108 Å². The van der Waals surface area contributed by atoms with Gasteiger partial charge in [0.2, 0.25) is 5.91 Å². The Morgan fingerprint density at radius 2 is 0.644 bits per heavy atom. The number of amides is 1. The Morgan fingerprint density at radius 3 is 0.931 bits per heavy atom. The summed E-state index contributed by atoms with van der Waals surface area (Å²) in [5.74, 6) is -0.203. The molecule has 0 heterocycles. The second-order valence-corrected chi connectivity index (χ2v) is 29.5. The molecule has 0 aromatic heterocycles. The Balaban J connectivity index is 3.96. The highest BCUT2D eigenvalue weighted by Gasteiger charge is 2.23. The van der Waals surface area contributed by atoms with Gasteiger partial charge in [-0.25, -0.2) is 0 Å². The zero-order valence-electron chi connectivity index (χ0n) is 59.3. The van der Waals surface area contributed by atoms with E-state index in [9.17, 15) is 19.4 Å². The quantitative estimate of drug-likeness (QED) is 0.0272. The van der Waals surface area contributed by atoms with E-state index < -0.39 is 26.6 Å². The van der Waals surface area contributed by atoms with E-state index in [1.54, 1.807) is 6.08 Å². The average molecular weight is 1250 g/mol. The van der Waals surface area contributed by atoms with Gasteiger partial charge in [-0.1, -0.05) is 391 Å². The third kappa shape index (κ3) is 72.0. The highest BCUT2D eigenvalue weighted by atomic mass is 31.2. The van der Waals surface area contributed by atoms with Crippen LogP contribution in [0.3, 0.4) is 0 Å². The van der Waals surface area contributed by atoms with Crippen molar-refractivity contribution in [1.29, 1.82) is 0 Å². The first kappa shape index (κ1) is 85.7. The number of phosphoric acid groups is 1. The Bertz CT molecular complexity index is 1510. The van der Waals surface area contributed by atoms with Crippen molar-refractivity contribution in [2.24, 2.45) is 0 Å². The van der Waals surface area contributed by atoms with E-state index in [1.165, 1.54) is 340 Å². The van der Waals surface area contributed by atoms with Gasteiger partial charge in [0.05, 0.1) is 39.9 Å². The van der Waals surface area contributed by atoms with E-state index in [-0.39, 0.29) is 12.5 Å². The number of allylic oxidation sites excluding steroid dienone is 5. The van der Waals surface area contributed by atoms with Gasteiger partial charge in [0, 0.05) is 6.42 Å². The Kier molecular flexibility index (Phi) is 68.1. The number of aliphatic hydroxyl groups is 1. The number of unbranched alkanes of at least 4 members (excludes halogenated alkanes) is 56. The molecule has 0 bridgehead atoms. The van der Waals surface area contributed by atoms with Gasteiger partial charge < -0.3 is 28.8 Å². The maximum absolute atomic E-state index is 13.1. The lowest BCUT2D eigenvalue weighted by atomic mass is 10.0. The molecule has 516 valence electrons. The number of nitrogens with zero attached hydrogens (tertiary/aromatic N) is 1. The van der Waals surface area contributed by atoms with E-state index >= 15 is 0 Å². The summed E-state index contributed by atoms with van der Waals surface area (Å²) in [6.45, 7) is 4.69. The lowest BCUT2D eigenvalue weighted by molar-refractivity contribution is -0.870. The second kappa shape index (κ2) is 69.1. The Hall–Kier alpha value is -1.28. The molecular formula is C78H153N2O6P. The number of quaternary nitrogens is 1. The largest absolute Gasteiger partial charge is 0.756 e. The van der Waals surface area contributed by atoms with E-state index in [0.717, 1.165) is 44.9 Å². The molecule has 3 unspecified atom stereocenters. The third-order valence-corrected chi connectivity index (χ3v) is 19.0. The summed E-state index contributed by atoms with van der Waals surface area (Å²) in [5, 5.41) is 14.0. The number of aliphatic hydroxyl groups excluding tert-OH is 1. The van der Waals surface area contributed by atoms with Crippen LogP contribution in [0.25, 0.3) is 0 Å². The predicted molar refractivity (Wildman–Crippen MR) is 381 cm³/mol. The van der Waals surface area contributed by atoms with Crippen molar-refractivity contribution < 1.29 is 32.9 Å². The van der Waals surface area contributed by atoms with Crippen LogP contribution in [0.5, 0.6) is 0 Å². The average Bonchev–Trinajstić information content (AvgIpc) is 3.70. The van der Waals surface area contributed by atoms with Crippen LogP contribution in [0.1, 0.15) is 406 Å². The zero-order valence-corrected chi connectivity index (χ0v) is 60.2. The van der Waals surface area contributed by atoms with Crippen LogP contribution < -0.4 is 10.2 Å². The van der Waals surface area contributed by atoms with Crippen molar-refractivity contribution in [3.8, 4) is 0 Å². The molecule has 0 aromatic carbocycles. The van der Waals surface area contributed by atoms with Gasteiger partial charge in [-0.15, -0.1) is 0 Å². The van der Waals surface area contributed by atoms with Crippen molar-refractivity contribution in [1.82, 2.24) is 5.32 Å². The molecule has 0 fully saturated rings. The molecule has 2 N–H and O–H groups in total. The molecule has 0 aliphatic rings. The fourth-order valence-corrected chi connectivity index (χ4v) is 12.8. The van der Waals surface area contributed by atoms with Crippen molar-refractivity contribution in [2.45, 2.75) is 418 Å². The molecule has 8 nitrogen and oxygen atoms in total. The molecule has 0 saturated carbocycles. The molecule has 1 amide bonds. The number of nitrogens with one attached hydrogen (secondary N) is 1. The first-order chi connectivity index (χ1) is 42.5. The highest BCUT2D eigenvalue weighted by molar-refractivity contribution is 7.45. The maximum Gasteiger partial charge on any atom is 0.268 e. The van der Waals surface area contributed by atoms with Gasteiger partial charge in [0.15, 0.2) is 0 Å². The van der Waals surface area contributed by atoms with Crippen LogP contribution in [0, 0.1) is 0 Å². The summed E-state index contributed by atoms with van der Waals surface area (Å²) in [7, 11) is 1.25. The SMILES string of the molecule is CCCCCCCCCCCCCCCCCC/C=C/CC/C=C/CC/C=C/C(O)C(COP(=O)([O-])OCC[N+](C)(C)C)NC(=O)CCCCCCCCCCCCCCCCCCCCCCCCCCCCCCCCCCCCCCCCC. The van der Waals surface area contributed by atoms with Crippen LogP contribution in [0.15, 0.2) is 36.5 Å². The Morgan fingerprint density at radius 1 is 0.391 bits per heavy atom. The smallest absolute Gasteiger partial charge is 0.268 e. The summed E-state index contributed by atoms with van der Waals surface area (Å²) in [6, 6.07) is -0.910.